The van der Waals surface area contributed by atoms with Crippen LogP contribution in [0.2, 0.25) is 0 Å². The van der Waals surface area contributed by atoms with E-state index < -0.39 is 10.0 Å². The highest BCUT2D eigenvalue weighted by Gasteiger charge is 2.19. The number of aromatic nitrogens is 1. The number of thiazole rings is 1. The minimum atomic E-state index is -3.38. The number of rotatable bonds is 3. The summed E-state index contributed by atoms with van der Waals surface area (Å²) in [4.78, 5) is 4.93. The molecule has 0 amide bonds. The first-order valence-electron chi connectivity index (χ1n) is 6.61. The van der Waals surface area contributed by atoms with Crippen LogP contribution in [0.15, 0.2) is 34.5 Å². The molecule has 0 fully saturated rings. The van der Waals surface area contributed by atoms with Gasteiger partial charge in [-0.1, -0.05) is 32.9 Å². The summed E-state index contributed by atoms with van der Waals surface area (Å²) >= 11 is 1.63. The van der Waals surface area contributed by atoms with Gasteiger partial charge in [0.15, 0.2) is 0 Å². The van der Waals surface area contributed by atoms with E-state index in [1.54, 1.807) is 35.6 Å². The monoisotopic (exact) mass is 324 g/mol. The molecular weight excluding hydrogens is 304 g/mol. The Kier molecular flexibility index (Phi) is 4.24. The molecule has 0 saturated carbocycles. The van der Waals surface area contributed by atoms with Crippen LogP contribution in [-0.4, -0.2) is 31.8 Å². The lowest BCUT2D eigenvalue weighted by Gasteiger charge is -2.13. The molecule has 0 atom stereocenters. The minimum absolute atomic E-state index is 0.0249. The van der Waals surface area contributed by atoms with Crippen molar-refractivity contribution in [2.45, 2.75) is 31.1 Å². The lowest BCUT2D eigenvalue weighted by atomic mass is 9.98. The topological polar surface area (TPSA) is 50.3 Å². The van der Waals surface area contributed by atoms with Crippen molar-refractivity contribution in [1.82, 2.24) is 9.29 Å². The zero-order valence-corrected chi connectivity index (χ0v) is 14.5. The summed E-state index contributed by atoms with van der Waals surface area (Å²) in [6, 6.07) is 6.86. The van der Waals surface area contributed by atoms with Crippen LogP contribution in [0.1, 0.15) is 25.8 Å². The van der Waals surface area contributed by atoms with Crippen LogP contribution in [0.4, 0.5) is 0 Å². The fourth-order valence-electron chi connectivity index (χ4n) is 1.76. The highest BCUT2D eigenvalue weighted by molar-refractivity contribution is 7.89. The second-order valence-corrected chi connectivity index (χ2v) is 9.11. The molecule has 0 N–H and O–H groups in total. The Labute approximate surface area is 130 Å². The summed E-state index contributed by atoms with van der Waals surface area (Å²) < 4.78 is 25.3. The van der Waals surface area contributed by atoms with Crippen LogP contribution in [0, 0.1) is 0 Å². The SMILES string of the molecule is CN(C)S(=O)(=O)c1ccc(-c2csc(C(C)(C)C)n2)cc1. The Morgan fingerprint density at radius 2 is 1.67 bits per heavy atom. The van der Waals surface area contributed by atoms with Crippen molar-refractivity contribution in [2.24, 2.45) is 0 Å². The summed E-state index contributed by atoms with van der Waals surface area (Å²) in [6.45, 7) is 6.38. The molecule has 114 valence electrons. The molecular formula is C15H20N2O2S2. The number of sulfonamides is 1. The third-order valence-corrected chi connectivity index (χ3v) is 6.17. The Balaban J connectivity index is 2.34. The molecule has 2 rings (SSSR count). The highest BCUT2D eigenvalue weighted by Crippen LogP contribution is 2.30. The van der Waals surface area contributed by atoms with Crippen LogP contribution >= 0.6 is 11.3 Å². The van der Waals surface area contributed by atoms with Gasteiger partial charge in [-0.2, -0.15) is 0 Å². The van der Waals surface area contributed by atoms with E-state index in [0.717, 1.165) is 16.3 Å². The van der Waals surface area contributed by atoms with Gasteiger partial charge in [-0.25, -0.2) is 17.7 Å². The zero-order valence-electron chi connectivity index (χ0n) is 12.9. The minimum Gasteiger partial charge on any atom is -0.241 e. The molecule has 2 aromatic rings. The number of hydrogen-bond donors (Lipinski definition) is 0. The molecule has 0 aliphatic rings. The maximum atomic E-state index is 12.0. The quantitative estimate of drug-likeness (QED) is 0.870. The molecule has 0 radical (unpaired) electrons. The zero-order chi connectivity index (χ0) is 15.8. The first-order valence-corrected chi connectivity index (χ1v) is 8.93. The maximum absolute atomic E-state index is 12.0. The van der Waals surface area contributed by atoms with Gasteiger partial charge in [0.1, 0.15) is 0 Å². The molecule has 0 unspecified atom stereocenters. The Bertz CT molecular complexity index is 724. The smallest absolute Gasteiger partial charge is 0.241 e. The fraction of sp³-hybridized carbons (Fsp3) is 0.400. The Morgan fingerprint density at radius 3 is 2.10 bits per heavy atom. The van der Waals surface area contributed by atoms with Gasteiger partial charge in [0.05, 0.1) is 15.6 Å². The molecule has 1 aromatic carbocycles. The summed E-state index contributed by atoms with van der Waals surface area (Å²) in [7, 11) is -0.324. The van der Waals surface area contributed by atoms with Crippen molar-refractivity contribution in [3.63, 3.8) is 0 Å². The Hall–Kier alpha value is -1.24. The number of hydrogen-bond acceptors (Lipinski definition) is 4. The van der Waals surface area contributed by atoms with Crippen LogP contribution in [0.5, 0.6) is 0 Å². The van der Waals surface area contributed by atoms with E-state index >= 15 is 0 Å². The van der Waals surface area contributed by atoms with E-state index in [0.29, 0.717) is 4.90 Å². The van der Waals surface area contributed by atoms with Crippen molar-refractivity contribution < 1.29 is 8.42 Å². The highest BCUT2D eigenvalue weighted by atomic mass is 32.2. The van der Waals surface area contributed by atoms with Gasteiger partial charge in [-0.15, -0.1) is 11.3 Å². The predicted molar refractivity (Wildman–Crippen MR) is 87.1 cm³/mol. The summed E-state index contributed by atoms with van der Waals surface area (Å²) in [5.41, 5.74) is 1.84. The lowest BCUT2D eigenvalue weighted by molar-refractivity contribution is 0.521. The van der Waals surface area contributed by atoms with Crippen LogP contribution in [-0.2, 0) is 15.4 Å². The molecule has 0 aliphatic carbocycles. The van der Waals surface area contributed by atoms with Crippen molar-refractivity contribution in [3.05, 3.63) is 34.7 Å². The summed E-state index contributed by atoms with van der Waals surface area (Å²) in [5.74, 6) is 0. The van der Waals surface area contributed by atoms with Gasteiger partial charge in [0.2, 0.25) is 10.0 Å². The van der Waals surface area contributed by atoms with Gasteiger partial charge in [0.25, 0.3) is 0 Å². The van der Waals surface area contributed by atoms with Crippen molar-refractivity contribution in [2.75, 3.05) is 14.1 Å². The maximum Gasteiger partial charge on any atom is 0.242 e. The van der Waals surface area contributed by atoms with Crippen LogP contribution in [0.3, 0.4) is 0 Å². The van der Waals surface area contributed by atoms with Crippen LogP contribution < -0.4 is 0 Å². The van der Waals surface area contributed by atoms with E-state index in [2.05, 4.69) is 25.8 Å². The molecule has 0 aliphatic heterocycles. The molecule has 1 aromatic heterocycles. The van der Waals surface area contributed by atoms with E-state index in [-0.39, 0.29) is 5.41 Å². The lowest BCUT2D eigenvalue weighted by Crippen LogP contribution is -2.22. The number of nitrogens with zero attached hydrogens (tertiary/aromatic N) is 2. The average molecular weight is 324 g/mol. The number of benzene rings is 1. The van der Waals surface area contributed by atoms with Gasteiger partial charge in [-0.3, -0.25) is 0 Å². The third-order valence-electron chi connectivity index (χ3n) is 3.07. The molecule has 4 nitrogen and oxygen atoms in total. The van der Waals surface area contributed by atoms with Gasteiger partial charge < -0.3 is 0 Å². The molecule has 0 spiro atoms. The molecule has 0 saturated heterocycles. The average Bonchev–Trinajstić information content (AvgIpc) is 2.88. The van der Waals surface area contributed by atoms with Gasteiger partial charge in [0, 0.05) is 30.5 Å². The van der Waals surface area contributed by atoms with Crippen molar-refractivity contribution >= 4 is 21.4 Å². The molecule has 21 heavy (non-hydrogen) atoms. The molecule has 1 heterocycles. The molecule has 0 bridgehead atoms. The van der Waals surface area contributed by atoms with E-state index in [4.69, 9.17) is 0 Å². The third kappa shape index (κ3) is 3.33. The Morgan fingerprint density at radius 1 is 1.10 bits per heavy atom. The molecule has 6 heteroatoms. The fourth-order valence-corrected chi connectivity index (χ4v) is 3.58. The largest absolute Gasteiger partial charge is 0.242 e. The van der Waals surface area contributed by atoms with Crippen molar-refractivity contribution in [1.29, 1.82) is 0 Å². The summed E-state index contributed by atoms with van der Waals surface area (Å²) in [5, 5.41) is 3.08. The first-order chi connectivity index (χ1) is 9.62. The normalized spacial score (nSPS) is 12.9. The predicted octanol–water partition coefficient (Wildman–Crippen LogP) is 3.36. The van der Waals surface area contributed by atoms with Crippen molar-refractivity contribution in [3.8, 4) is 11.3 Å². The second kappa shape index (κ2) is 5.51. The van der Waals surface area contributed by atoms with Crippen LogP contribution in [0.25, 0.3) is 11.3 Å². The standard InChI is InChI=1S/C15H20N2O2S2/c1-15(2,3)14-16-13(10-20-14)11-6-8-12(9-7-11)21(18,19)17(4)5/h6-10H,1-5H3. The first kappa shape index (κ1) is 16.1. The van der Waals surface area contributed by atoms with Gasteiger partial charge >= 0.3 is 0 Å². The second-order valence-electron chi connectivity index (χ2n) is 6.10. The van der Waals surface area contributed by atoms with E-state index in [1.807, 2.05) is 5.38 Å². The van der Waals surface area contributed by atoms with E-state index in [9.17, 15) is 8.42 Å². The summed E-state index contributed by atoms with van der Waals surface area (Å²) in [6.07, 6.45) is 0. The van der Waals surface area contributed by atoms with Gasteiger partial charge in [-0.05, 0) is 12.1 Å². The van der Waals surface area contributed by atoms with E-state index in [1.165, 1.54) is 18.4 Å².